The number of nitrogens with zero attached hydrogens (tertiary/aromatic N) is 1. The number of rotatable bonds is 4. The normalized spacial score (nSPS) is 19.5. The van der Waals surface area contributed by atoms with Gasteiger partial charge in [-0.2, -0.15) is 0 Å². The minimum absolute atomic E-state index is 0.0222. The van der Waals surface area contributed by atoms with E-state index in [4.69, 9.17) is 0 Å². The summed E-state index contributed by atoms with van der Waals surface area (Å²) in [5.74, 6) is -0.585. The van der Waals surface area contributed by atoms with E-state index in [0.717, 1.165) is 6.42 Å². The Hall–Kier alpha value is -1.91. The number of carbonyl (C=O) groups excluding carboxylic acids is 2. The molecule has 0 aromatic heterocycles. The first kappa shape index (κ1) is 13.5. The van der Waals surface area contributed by atoms with Crippen LogP contribution < -0.4 is 5.32 Å². The SMILES string of the molecule is CCCC1C(=O)NCC(=O)N1Cc1cccc(F)c1. The number of hydrogen-bond donors (Lipinski definition) is 1. The molecule has 1 aromatic carbocycles. The van der Waals surface area contributed by atoms with Crippen LogP contribution >= 0.6 is 0 Å². The molecule has 0 bridgehead atoms. The zero-order valence-corrected chi connectivity index (χ0v) is 10.9. The number of piperazine rings is 1. The molecule has 0 spiro atoms. The van der Waals surface area contributed by atoms with Crippen molar-refractivity contribution in [2.75, 3.05) is 6.54 Å². The summed E-state index contributed by atoms with van der Waals surface area (Å²) in [6.07, 6.45) is 1.43. The molecule has 0 aliphatic carbocycles. The van der Waals surface area contributed by atoms with Gasteiger partial charge in [-0.15, -0.1) is 0 Å². The lowest BCUT2D eigenvalue weighted by Gasteiger charge is -2.35. The summed E-state index contributed by atoms with van der Waals surface area (Å²) >= 11 is 0. The van der Waals surface area contributed by atoms with Gasteiger partial charge in [0.25, 0.3) is 0 Å². The Bertz CT molecular complexity index is 490. The number of carbonyl (C=O) groups is 2. The smallest absolute Gasteiger partial charge is 0.243 e. The molecule has 1 N–H and O–H groups in total. The number of hydrogen-bond acceptors (Lipinski definition) is 2. The highest BCUT2D eigenvalue weighted by Crippen LogP contribution is 2.16. The fourth-order valence-electron chi connectivity index (χ4n) is 2.29. The number of amides is 2. The number of benzene rings is 1. The Balaban J connectivity index is 2.18. The first-order chi connectivity index (χ1) is 9.11. The predicted octanol–water partition coefficient (Wildman–Crippen LogP) is 1.45. The molecule has 1 heterocycles. The summed E-state index contributed by atoms with van der Waals surface area (Å²) in [7, 11) is 0. The molecule has 1 aliphatic rings. The quantitative estimate of drug-likeness (QED) is 0.895. The molecule has 5 heteroatoms. The van der Waals surface area contributed by atoms with Crippen LogP contribution in [0.5, 0.6) is 0 Å². The van der Waals surface area contributed by atoms with E-state index >= 15 is 0 Å². The summed E-state index contributed by atoms with van der Waals surface area (Å²) in [5.41, 5.74) is 0.698. The van der Waals surface area contributed by atoms with Gasteiger partial charge in [-0.05, 0) is 24.1 Å². The highest BCUT2D eigenvalue weighted by atomic mass is 19.1. The van der Waals surface area contributed by atoms with E-state index in [0.29, 0.717) is 12.0 Å². The lowest BCUT2D eigenvalue weighted by Crippen LogP contribution is -2.57. The summed E-state index contributed by atoms with van der Waals surface area (Å²) in [4.78, 5) is 25.3. The Morgan fingerprint density at radius 2 is 2.21 bits per heavy atom. The van der Waals surface area contributed by atoms with Gasteiger partial charge in [0, 0.05) is 6.54 Å². The van der Waals surface area contributed by atoms with Gasteiger partial charge in [0.2, 0.25) is 11.8 Å². The van der Waals surface area contributed by atoms with E-state index in [9.17, 15) is 14.0 Å². The van der Waals surface area contributed by atoms with E-state index in [1.807, 2.05) is 6.92 Å². The molecule has 2 rings (SSSR count). The Morgan fingerprint density at radius 1 is 1.42 bits per heavy atom. The minimum atomic E-state index is -0.450. The third kappa shape index (κ3) is 3.10. The van der Waals surface area contributed by atoms with Gasteiger partial charge in [-0.25, -0.2) is 4.39 Å². The fourth-order valence-corrected chi connectivity index (χ4v) is 2.29. The summed E-state index contributed by atoms with van der Waals surface area (Å²) < 4.78 is 13.2. The number of nitrogens with one attached hydrogen (secondary N) is 1. The molecule has 4 nitrogen and oxygen atoms in total. The van der Waals surface area contributed by atoms with E-state index in [-0.39, 0.29) is 30.7 Å². The van der Waals surface area contributed by atoms with Crippen LogP contribution in [-0.4, -0.2) is 29.3 Å². The molecule has 2 amide bonds. The van der Waals surface area contributed by atoms with Crippen LogP contribution in [0.3, 0.4) is 0 Å². The Kier molecular flexibility index (Phi) is 4.14. The summed E-state index contributed by atoms with van der Waals surface area (Å²) in [6, 6.07) is 5.66. The van der Waals surface area contributed by atoms with Gasteiger partial charge < -0.3 is 10.2 Å². The predicted molar refractivity (Wildman–Crippen MR) is 68.7 cm³/mol. The molecule has 0 radical (unpaired) electrons. The van der Waals surface area contributed by atoms with Crippen molar-refractivity contribution in [1.29, 1.82) is 0 Å². The molecule has 0 saturated carbocycles. The molecule has 19 heavy (non-hydrogen) atoms. The standard InChI is InChI=1S/C14H17FN2O2/c1-2-4-12-14(19)16-8-13(18)17(12)9-10-5-3-6-11(15)7-10/h3,5-7,12H,2,4,8-9H2,1H3,(H,16,19). The van der Waals surface area contributed by atoms with Crippen LogP contribution in [0.4, 0.5) is 4.39 Å². The van der Waals surface area contributed by atoms with Crippen molar-refractivity contribution in [3.05, 3.63) is 35.6 Å². The third-order valence-electron chi connectivity index (χ3n) is 3.22. The van der Waals surface area contributed by atoms with E-state index in [2.05, 4.69) is 5.32 Å². The van der Waals surface area contributed by atoms with Crippen LogP contribution in [0.2, 0.25) is 0 Å². The van der Waals surface area contributed by atoms with Gasteiger partial charge in [-0.1, -0.05) is 25.5 Å². The molecule has 1 aromatic rings. The van der Waals surface area contributed by atoms with Crippen molar-refractivity contribution in [2.45, 2.75) is 32.4 Å². The van der Waals surface area contributed by atoms with Gasteiger partial charge in [0.05, 0.1) is 6.54 Å². The maximum absolute atomic E-state index is 13.2. The van der Waals surface area contributed by atoms with Gasteiger partial charge in [0.15, 0.2) is 0 Å². The van der Waals surface area contributed by atoms with Crippen molar-refractivity contribution < 1.29 is 14.0 Å². The Morgan fingerprint density at radius 3 is 2.89 bits per heavy atom. The lowest BCUT2D eigenvalue weighted by atomic mass is 10.1. The van der Waals surface area contributed by atoms with Gasteiger partial charge in [0.1, 0.15) is 11.9 Å². The highest BCUT2D eigenvalue weighted by Gasteiger charge is 2.33. The van der Waals surface area contributed by atoms with Crippen molar-refractivity contribution in [2.24, 2.45) is 0 Å². The van der Waals surface area contributed by atoms with Crippen molar-refractivity contribution >= 4 is 11.8 Å². The minimum Gasteiger partial charge on any atom is -0.345 e. The van der Waals surface area contributed by atoms with Gasteiger partial charge in [-0.3, -0.25) is 9.59 Å². The monoisotopic (exact) mass is 264 g/mol. The average molecular weight is 264 g/mol. The molecule has 1 atom stereocenters. The van der Waals surface area contributed by atoms with Gasteiger partial charge >= 0.3 is 0 Å². The largest absolute Gasteiger partial charge is 0.345 e. The molecule has 102 valence electrons. The van der Waals surface area contributed by atoms with E-state index in [1.54, 1.807) is 12.1 Å². The lowest BCUT2D eigenvalue weighted by molar-refractivity contribution is -0.146. The molecule has 1 fully saturated rings. The topological polar surface area (TPSA) is 49.4 Å². The number of halogens is 1. The Labute approximate surface area is 111 Å². The van der Waals surface area contributed by atoms with Crippen LogP contribution in [0.25, 0.3) is 0 Å². The first-order valence-corrected chi connectivity index (χ1v) is 6.43. The van der Waals surface area contributed by atoms with Crippen LogP contribution in [0.1, 0.15) is 25.3 Å². The second-order valence-electron chi connectivity index (χ2n) is 4.67. The molecule has 1 aliphatic heterocycles. The zero-order valence-electron chi connectivity index (χ0n) is 10.9. The molecular formula is C14H17FN2O2. The van der Waals surface area contributed by atoms with Crippen LogP contribution in [-0.2, 0) is 16.1 Å². The average Bonchev–Trinajstić information content (AvgIpc) is 2.38. The fraction of sp³-hybridized carbons (Fsp3) is 0.429. The summed E-state index contributed by atoms with van der Waals surface area (Å²) in [6.45, 7) is 2.26. The maximum atomic E-state index is 13.2. The maximum Gasteiger partial charge on any atom is 0.243 e. The van der Waals surface area contributed by atoms with Crippen LogP contribution in [0.15, 0.2) is 24.3 Å². The van der Waals surface area contributed by atoms with Crippen molar-refractivity contribution in [3.8, 4) is 0 Å². The highest BCUT2D eigenvalue weighted by molar-refractivity contribution is 5.94. The van der Waals surface area contributed by atoms with E-state index in [1.165, 1.54) is 17.0 Å². The second-order valence-corrected chi connectivity index (χ2v) is 4.67. The van der Waals surface area contributed by atoms with Crippen LogP contribution in [0, 0.1) is 5.82 Å². The molecule has 1 saturated heterocycles. The third-order valence-corrected chi connectivity index (χ3v) is 3.22. The van der Waals surface area contributed by atoms with E-state index < -0.39 is 6.04 Å². The molecule has 1 unspecified atom stereocenters. The first-order valence-electron chi connectivity index (χ1n) is 6.43. The van der Waals surface area contributed by atoms with Crippen molar-refractivity contribution in [3.63, 3.8) is 0 Å². The molecular weight excluding hydrogens is 247 g/mol. The van der Waals surface area contributed by atoms with Crippen molar-refractivity contribution in [1.82, 2.24) is 10.2 Å². The second kappa shape index (κ2) is 5.82. The zero-order chi connectivity index (χ0) is 13.8. The summed E-state index contributed by atoms with van der Waals surface area (Å²) in [5, 5.41) is 2.59.